The molecule has 6 nitrogen and oxygen atoms in total. The third kappa shape index (κ3) is 3.48. The Kier molecular flexibility index (Phi) is 5.12. The summed E-state index contributed by atoms with van der Waals surface area (Å²) in [6, 6.07) is 16.7. The van der Waals surface area contributed by atoms with Gasteiger partial charge in [-0.25, -0.2) is 0 Å². The molecule has 1 N–H and O–H groups in total. The van der Waals surface area contributed by atoms with Gasteiger partial charge in [-0.2, -0.15) is 5.10 Å². The van der Waals surface area contributed by atoms with E-state index in [4.69, 9.17) is 11.6 Å². The fourth-order valence-corrected chi connectivity index (χ4v) is 4.00. The second kappa shape index (κ2) is 7.61. The van der Waals surface area contributed by atoms with Gasteiger partial charge in [-0.3, -0.25) is 19.2 Å². The maximum Gasteiger partial charge on any atom is 0.277 e. The zero-order chi connectivity index (χ0) is 21.5. The molecular weight excluding hydrogens is 400 g/mol. The highest BCUT2D eigenvalue weighted by Crippen LogP contribution is 2.34. The van der Waals surface area contributed by atoms with Crippen LogP contribution in [0, 0.1) is 13.8 Å². The summed E-state index contributed by atoms with van der Waals surface area (Å²) >= 11 is 5.94. The number of fused-ring (bicyclic) bond motifs is 1. The van der Waals surface area contributed by atoms with Crippen molar-refractivity contribution >= 4 is 29.1 Å². The predicted molar refractivity (Wildman–Crippen MR) is 117 cm³/mol. The Morgan fingerprint density at radius 3 is 2.57 bits per heavy atom. The number of carbonyl (C=O) groups excluding carboxylic acids is 2. The van der Waals surface area contributed by atoms with Crippen LogP contribution in [0.3, 0.4) is 0 Å². The topological polar surface area (TPSA) is 67.2 Å². The van der Waals surface area contributed by atoms with Gasteiger partial charge < -0.3 is 5.32 Å². The molecule has 0 radical (unpaired) electrons. The zero-order valence-corrected chi connectivity index (χ0v) is 17.9. The maximum atomic E-state index is 13.5. The number of nitrogens with one attached hydrogen (secondary N) is 1. The monoisotopic (exact) mass is 422 g/mol. The van der Waals surface area contributed by atoms with E-state index in [0.717, 1.165) is 22.5 Å². The molecule has 3 aromatic rings. The normalized spacial score (nSPS) is 18.3. The molecule has 0 fully saturated rings. The summed E-state index contributed by atoms with van der Waals surface area (Å²) in [5.41, 5.74) is 2.66. The second-order valence-corrected chi connectivity index (χ2v) is 8.28. The van der Waals surface area contributed by atoms with E-state index in [1.54, 1.807) is 34.7 Å². The highest BCUT2D eigenvalue weighted by molar-refractivity contribution is 6.30. The quantitative estimate of drug-likeness (QED) is 0.693. The van der Waals surface area contributed by atoms with Gasteiger partial charge in [0.25, 0.3) is 5.91 Å². The average Bonchev–Trinajstić information content (AvgIpc) is 3.09. The second-order valence-electron chi connectivity index (χ2n) is 7.84. The van der Waals surface area contributed by atoms with Crippen LogP contribution >= 0.6 is 11.6 Å². The smallest absolute Gasteiger partial charge is 0.277 e. The first-order chi connectivity index (χ1) is 14.3. The molecule has 2 heterocycles. The number of amides is 2. The van der Waals surface area contributed by atoms with Crippen LogP contribution in [0.15, 0.2) is 54.6 Å². The molecule has 1 aliphatic rings. The number of rotatable bonds is 4. The number of aryl methyl sites for hydroxylation is 2. The molecule has 0 bridgehead atoms. The zero-order valence-electron chi connectivity index (χ0n) is 17.1. The highest BCUT2D eigenvalue weighted by Gasteiger charge is 2.49. The van der Waals surface area contributed by atoms with E-state index >= 15 is 0 Å². The van der Waals surface area contributed by atoms with Gasteiger partial charge in [-0.15, -0.1) is 0 Å². The van der Waals surface area contributed by atoms with Crippen molar-refractivity contribution < 1.29 is 9.59 Å². The van der Waals surface area contributed by atoms with Gasteiger partial charge in [0.05, 0.1) is 12.2 Å². The molecule has 1 aliphatic heterocycles. The van der Waals surface area contributed by atoms with Crippen LogP contribution in [0.2, 0.25) is 5.02 Å². The fourth-order valence-electron chi connectivity index (χ4n) is 3.88. The number of aromatic nitrogens is 2. The number of hydrogen-bond acceptors (Lipinski definition) is 3. The number of halogens is 1. The molecule has 0 saturated heterocycles. The Hall–Kier alpha value is -3.12. The van der Waals surface area contributed by atoms with E-state index in [-0.39, 0.29) is 18.4 Å². The lowest BCUT2D eigenvalue weighted by Gasteiger charge is -2.43. The minimum atomic E-state index is -1.14. The molecule has 4 rings (SSSR count). The average molecular weight is 423 g/mol. The molecule has 0 aliphatic carbocycles. The van der Waals surface area contributed by atoms with Crippen molar-refractivity contribution in [3.8, 4) is 0 Å². The van der Waals surface area contributed by atoms with E-state index in [9.17, 15) is 9.59 Å². The Bertz CT molecular complexity index is 1120. The number of benzene rings is 2. The summed E-state index contributed by atoms with van der Waals surface area (Å²) in [4.78, 5) is 28.5. The molecule has 30 heavy (non-hydrogen) atoms. The molecule has 2 amide bonds. The molecule has 1 unspecified atom stereocenters. The van der Waals surface area contributed by atoms with Gasteiger partial charge in [-0.05, 0) is 56.2 Å². The van der Waals surface area contributed by atoms with Crippen LogP contribution in [-0.4, -0.2) is 27.1 Å². The third-order valence-electron chi connectivity index (χ3n) is 5.49. The van der Waals surface area contributed by atoms with Crippen molar-refractivity contribution in [1.82, 2.24) is 15.1 Å². The van der Waals surface area contributed by atoms with Gasteiger partial charge in [0.15, 0.2) is 0 Å². The Labute approximate surface area is 180 Å². The lowest BCUT2D eigenvalue weighted by Crippen LogP contribution is -2.64. The van der Waals surface area contributed by atoms with Crippen molar-refractivity contribution in [2.24, 2.45) is 0 Å². The van der Waals surface area contributed by atoms with Gasteiger partial charge in [0, 0.05) is 17.3 Å². The first kappa shape index (κ1) is 20.2. The van der Waals surface area contributed by atoms with E-state index in [2.05, 4.69) is 10.4 Å². The van der Waals surface area contributed by atoms with Gasteiger partial charge in [0.1, 0.15) is 11.2 Å². The van der Waals surface area contributed by atoms with Gasteiger partial charge in [0.2, 0.25) is 5.91 Å². The van der Waals surface area contributed by atoms with Gasteiger partial charge in [-0.1, -0.05) is 41.9 Å². The number of anilines is 1. The number of hydrogen-bond donors (Lipinski definition) is 1. The minimum Gasteiger partial charge on any atom is -0.350 e. The lowest BCUT2D eigenvalue weighted by molar-refractivity contribution is -0.126. The van der Waals surface area contributed by atoms with Gasteiger partial charge >= 0.3 is 0 Å². The highest BCUT2D eigenvalue weighted by atomic mass is 35.5. The molecule has 2 aromatic carbocycles. The summed E-state index contributed by atoms with van der Waals surface area (Å²) in [6.45, 7) is 6.17. The molecule has 0 spiro atoms. The molecular formula is C23H23ClN4O2. The fraction of sp³-hybridized carbons (Fsp3) is 0.261. The lowest BCUT2D eigenvalue weighted by atomic mass is 9.93. The van der Waals surface area contributed by atoms with Crippen molar-refractivity contribution in [3.05, 3.63) is 82.1 Å². The first-order valence-corrected chi connectivity index (χ1v) is 10.1. The van der Waals surface area contributed by atoms with E-state index in [0.29, 0.717) is 17.3 Å². The van der Waals surface area contributed by atoms with Crippen LogP contribution in [-0.2, 0) is 17.9 Å². The Morgan fingerprint density at radius 1 is 1.17 bits per heavy atom. The summed E-state index contributed by atoms with van der Waals surface area (Å²) < 4.78 is 1.63. The van der Waals surface area contributed by atoms with E-state index in [1.165, 1.54) is 0 Å². The van der Waals surface area contributed by atoms with E-state index in [1.807, 2.05) is 50.2 Å². The van der Waals surface area contributed by atoms with Crippen LogP contribution < -0.4 is 10.2 Å². The predicted octanol–water partition coefficient (Wildman–Crippen LogP) is 3.89. The largest absolute Gasteiger partial charge is 0.350 e. The summed E-state index contributed by atoms with van der Waals surface area (Å²) in [5.74, 6) is -0.479. The number of para-hydroxylation sites is 1. The molecule has 1 atom stereocenters. The molecule has 1 aromatic heterocycles. The van der Waals surface area contributed by atoms with Crippen LogP contribution in [0.5, 0.6) is 0 Å². The standard InChI is InChI=1S/C23H23ClN4O2/c1-15-6-4-5-7-19(15)28-21(29)20-12-16(2)26-27(20)14-23(28,3)22(30)25-13-17-8-10-18(24)11-9-17/h4-12H,13-14H2,1-3H3,(H,25,30). The number of nitrogens with zero attached hydrogens (tertiary/aromatic N) is 3. The summed E-state index contributed by atoms with van der Waals surface area (Å²) in [7, 11) is 0. The van der Waals surface area contributed by atoms with Crippen molar-refractivity contribution in [3.63, 3.8) is 0 Å². The van der Waals surface area contributed by atoms with E-state index < -0.39 is 5.54 Å². The Morgan fingerprint density at radius 2 is 1.87 bits per heavy atom. The van der Waals surface area contributed by atoms with Crippen LogP contribution in [0.25, 0.3) is 0 Å². The SMILES string of the molecule is Cc1cc2n(n1)CC(C)(C(=O)NCc1ccc(Cl)cc1)N(c1ccccc1C)C2=O. The van der Waals surface area contributed by atoms with Crippen molar-refractivity contribution in [1.29, 1.82) is 0 Å². The summed E-state index contributed by atoms with van der Waals surface area (Å²) in [5, 5.41) is 8.06. The molecule has 154 valence electrons. The molecule has 0 saturated carbocycles. The van der Waals surface area contributed by atoms with Crippen molar-refractivity contribution in [2.45, 2.75) is 39.4 Å². The summed E-state index contributed by atoms with van der Waals surface area (Å²) in [6.07, 6.45) is 0. The minimum absolute atomic E-state index is 0.236. The van der Waals surface area contributed by atoms with Crippen LogP contribution in [0.4, 0.5) is 5.69 Å². The number of carbonyl (C=O) groups is 2. The first-order valence-electron chi connectivity index (χ1n) is 9.77. The maximum absolute atomic E-state index is 13.5. The Balaban J connectivity index is 1.71. The third-order valence-corrected chi connectivity index (χ3v) is 5.74. The van der Waals surface area contributed by atoms with Crippen molar-refractivity contribution in [2.75, 3.05) is 4.90 Å². The van der Waals surface area contributed by atoms with Crippen LogP contribution in [0.1, 0.15) is 34.2 Å². The molecule has 7 heteroatoms.